The normalized spacial score (nSPS) is 17.4. The molecule has 1 unspecified atom stereocenters. The van der Waals surface area contributed by atoms with E-state index in [9.17, 15) is 19.8 Å². The van der Waals surface area contributed by atoms with Gasteiger partial charge in [0.05, 0.1) is 18.3 Å². The molecule has 1 aliphatic rings. The standard InChI is InChI=1S/C25H26ClN3O4S/c26-19-7-2-1-6-16(19)14-17-10-11-18(34-17)15-28-24(32)22(30)23(31)25(33)29-13-5-9-21(29)20-8-3-4-12-27-20/h1-4,6-8,10-12,21-23,30-31H,5,9,13-15H2,(H,28,32)/t21?,22-,23-/m1/s1. The molecule has 7 nitrogen and oxygen atoms in total. The summed E-state index contributed by atoms with van der Waals surface area (Å²) in [4.78, 5) is 33.1. The Kier molecular flexibility index (Phi) is 7.95. The van der Waals surface area contributed by atoms with E-state index in [0.717, 1.165) is 27.4 Å². The molecule has 1 aliphatic heterocycles. The van der Waals surface area contributed by atoms with Gasteiger partial charge in [-0.05, 0) is 48.7 Å². The molecule has 3 atom stereocenters. The second kappa shape index (κ2) is 11.1. The number of rotatable bonds is 8. The number of hydrogen-bond donors (Lipinski definition) is 3. The third-order valence-electron chi connectivity index (χ3n) is 5.86. The fraction of sp³-hybridized carbons (Fsp3) is 0.320. The largest absolute Gasteiger partial charge is 0.380 e. The summed E-state index contributed by atoms with van der Waals surface area (Å²) in [6, 6.07) is 16.7. The summed E-state index contributed by atoms with van der Waals surface area (Å²) < 4.78 is 0. The molecule has 178 valence electrons. The highest BCUT2D eigenvalue weighted by molar-refractivity contribution is 7.12. The monoisotopic (exact) mass is 499 g/mol. The number of hydrogen-bond acceptors (Lipinski definition) is 6. The molecule has 3 heterocycles. The Hall–Kier alpha value is -2.78. The number of pyridine rings is 1. The van der Waals surface area contributed by atoms with Crippen molar-refractivity contribution in [1.29, 1.82) is 0 Å². The van der Waals surface area contributed by atoms with Gasteiger partial charge in [-0.2, -0.15) is 0 Å². The van der Waals surface area contributed by atoms with Gasteiger partial charge in [-0.25, -0.2) is 0 Å². The van der Waals surface area contributed by atoms with Crippen molar-refractivity contribution in [3.05, 3.63) is 86.8 Å². The lowest BCUT2D eigenvalue weighted by Crippen LogP contribution is -2.50. The Bertz CT molecular complexity index is 1140. The van der Waals surface area contributed by atoms with Crippen LogP contribution in [0.25, 0.3) is 0 Å². The highest BCUT2D eigenvalue weighted by atomic mass is 35.5. The van der Waals surface area contributed by atoms with Crippen LogP contribution in [0.2, 0.25) is 5.02 Å². The van der Waals surface area contributed by atoms with E-state index >= 15 is 0 Å². The molecule has 3 N–H and O–H groups in total. The Morgan fingerprint density at radius 3 is 2.62 bits per heavy atom. The fourth-order valence-electron chi connectivity index (χ4n) is 4.08. The van der Waals surface area contributed by atoms with Gasteiger partial charge in [0.2, 0.25) is 0 Å². The van der Waals surface area contributed by atoms with E-state index in [0.29, 0.717) is 24.4 Å². The Labute approximate surface area is 207 Å². The zero-order chi connectivity index (χ0) is 24.1. The molecule has 2 amide bonds. The van der Waals surface area contributed by atoms with Gasteiger partial charge in [0.15, 0.2) is 12.2 Å². The Balaban J connectivity index is 1.31. The minimum atomic E-state index is -1.86. The van der Waals surface area contributed by atoms with E-state index in [1.165, 1.54) is 16.2 Å². The van der Waals surface area contributed by atoms with E-state index in [-0.39, 0.29) is 12.6 Å². The predicted octanol–water partition coefficient (Wildman–Crippen LogP) is 3.09. The van der Waals surface area contributed by atoms with E-state index < -0.39 is 24.0 Å². The third kappa shape index (κ3) is 5.64. The highest BCUT2D eigenvalue weighted by Gasteiger charge is 2.38. The van der Waals surface area contributed by atoms with Crippen LogP contribution < -0.4 is 5.32 Å². The average molecular weight is 500 g/mol. The number of halogens is 1. The molecule has 0 spiro atoms. The average Bonchev–Trinajstić information content (AvgIpc) is 3.53. The minimum Gasteiger partial charge on any atom is -0.380 e. The van der Waals surface area contributed by atoms with Gasteiger partial charge in [-0.15, -0.1) is 11.3 Å². The number of nitrogens with one attached hydrogen (secondary N) is 1. The molecule has 0 radical (unpaired) electrons. The number of benzene rings is 1. The summed E-state index contributed by atoms with van der Waals surface area (Å²) in [6.45, 7) is 0.624. The van der Waals surface area contributed by atoms with Crippen molar-refractivity contribution in [3.8, 4) is 0 Å². The topological polar surface area (TPSA) is 103 Å². The molecule has 1 aromatic carbocycles. The molecular formula is C25H26ClN3O4S. The lowest BCUT2D eigenvalue weighted by Gasteiger charge is -2.28. The Morgan fingerprint density at radius 1 is 1.09 bits per heavy atom. The number of aliphatic hydroxyl groups is 2. The van der Waals surface area contributed by atoms with Crippen molar-refractivity contribution < 1.29 is 19.8 Å². The van der Waals surface area contributed by atoms with Crippen molar-refractivity contribution >= 4 is 34.8 Å². The molecule has 34 heavy (non-hydrogen) atoms. The smallest absolute Gasteiger partial charge is 0.255 e. The molecule has 2 aromatic heterocycles. The molecule has 0 aliphatic carbocycles. The maximum absolute atomic E-state index is 12.9. The third-order valence-corrected chi connectivity index (χ3v) is 7.32. The number of aliphatic hydroxyl groups excluding tert-OH is 2. The lowest BCUT2D eigenvalue weighted by molar-refractivity contribution is -0.153. The molecule has 9 heteroatoms. The second-order valence-electron chi connectivity index (χ2n) is 8.19. The zero-order valence-electron chi connectivity index (χ0n) is 18.4. The molecule has 0 saturated carbocycles. The number of likely N-dealkylation sites (tertiary alicyclic amines) is 1. The van der Waals surface area contributed by atoms with Crippen LogP contribution in [0.4, 0.5) is 0 Å². The predicted molar refractivity (Wildman–Crippen MR) is 130 cm³/mol. The first kappa shape index (κ1) is 24.3. The summed E-state index contributed by atoms with van der Waals surface area (Å²) in [7, 11) is 0. The number of aromatic nitrogens is 1. The second-order valence-corrected chi connectivity index (χ2v) is 9.85. The van der Waals surface area contributed by atoms with Gasteiger partial charge in [0, 0.05) is 33.9 Å². The first-order chi connectivity index (χ1) is 16.4. The van der Waals surface area contributed by atoms with Crippen molar-refractivity contribution in [3.63, 3.8) is 0 Å². The van der Waals surface area contributed by atoms with Crippen molar-refractivity contribution in [2.24, 2.45) is 0 Å². The van der Waals surface area contributed by atoms with Crippen LogP contribution >= 0.6 is 22.9 Å². The fourth-order valence-corrected chi connectivity index (χ4v) is 5.26. The summed E-state index contributed by atoms with van der Waals surface area (Å²) in [5.41, 5.74) is 1.74. The first-order valence-electron chi connectivity index (χ1n) is 11.1. The molecular weight excluding hydrogens is 474 g/mol. The first-order valence-corrected chi connectivity index (χ1v) is 12.3. The van der Waals surface area contributed by atoms with Crippen LogP contribution in [-0.4, -0.2) is 50.7 Å². The number of nitrogens with zero attached hydrogens (tertiary/aromatic N) is 2. The highest BCUT2D eigenvalue weighted by Crippen LogP contribution is 2.31. The minimum absolute atomic E-state index is 0.185. The van der Waals surface area contributed by atoms with Crippen molar-refractivity contribution in [2.45, 2.75) is 44.1 Å². The molecule has 3 aromatic rings. The van der Waals surface area contributed by atoms with Crippen LogP contribution in [0.1, 0.15) is 39.9 Å². The lowest BCUT2D eigenvalue weighted by atomic mass is 10.1. The van der Waals surface area contributed by atoms with Crippen LogP contribution in [0.5, 0.6) is 0 Å². The SMILES string of the molecule is O=C(NCc1ccc(Cc2ccccc2Cl)s1)[C@H](O)[C@@H](O)C(=O)N1CCCC1c1ccccn1. The number of thiophene rings is 1. The summed E-state index contributed by atoms with van der Waals surface area (Å²) in [5.74, 6) is -1.47. The van der Waals surface area contributed by atoms with Gasteiger partial charge in [-0.3, -0.25) is 14.6 Å². The van der Waals surface area contributed by atoms with E-state index in [1.54, 1.807) is 12.3 Å². The number of carbonyl (C=O) groups is 2. The summed E-state index contributed by atoms with van der Waals surface area (Å²) >= 11 is 7.75. The van der Waals surface area contributed by atoms with E-state index in [4.69, 9.17) is 11.6 Å². The molecule has 1 saturated heterocycles. The number of carbonyl (C=O) groups excluding carboxylic acids is 2. The molecule has 4 rings (SSSR count). The van der Waals surface area contributed by atoms with Gasteiger partial charge >= 0.3 is 0 Å². The Morgan fingerprint density at radius 2 is 1.85 bits per heavy atom. The zero-order valence-corrected chi connectivity index (χ0v) is 20.0. The molecule has 1 fully saturated rings. The number of amides is 2. The maximum Gasteiger partial charge on any atom is 0.255 e. The van der Waals surface area contributed by atoms with Crippen LogP contribution in [0, 0.1) is 0 Å². The van der Waals surface area contributed by atoms with Crippen LogP contribution in [0.3, 0.4) is 0 Å². The van der Waals surface area contributed by atoms with E-state index in [1.807, 2.05) is 48.5 Å². The van der Waals surface area contributed by atoms with Gasteiger partial charge in [0.25, 0.3) is 11.8 Å². The van der Waals surface area contributed by atoms with Gasteiger partial charge < -0.3 is 20.4 Å². The maximum atomic E-state index is 12.9. The molecule has 0 bridgehead atoms. The van der Waals surface area contributed by atoms with Crippen LogP contribution in [-0.2, 0) is 22.6 Å². The quantitative estimate of drug-likeness (QED) is 0.442. The van der Waals surface area contributed by atoms with Crippen LogP contribution in [0.15, 0.2) is 60.8 Å². The summed E-state index contributed by atoms with van der Waals surface area (Å²) in [6.07, 6.45) is 0.105. The van der Waals surface area contributed by atoms with E-state index in [2.05, 4.69) is 10.3 Å². The van der Waals surface area contributed by atoms with Gasteiger partial charge in [-0.1, -0.05) is 35.9 Å². The van der Waals surface area contributed by atoms with Gasteiger partial charge in [0.1, 0.15) is 0 Å². The van der Waals surface area contributed by atoms with Crippen molar-refractivity contribution in [1.82, 2.24) is 15.2 Å². The van der Waals surface area contributed by atoms with Crippen molar-refractivity contribution in [2.75, 3.05) is 6.54 Å². The summed E-state index contributed by atoms with van der Waals surface area (Å²) in [5, 5.41) is 24.1.